The third kappa shape index (κ3) is 18.6. The second-order valence-electron chi connectivity index (χ2n) is 34.9. The number of ether oxygens (including phenoxy) is 1. The molecule has 0 radical (unpaired) electrons. The Hall–Kier alpha value is -12.6. The Morgan fingerprint density at radius 2 is 0.867 bits per heavy atom. The highest BCUT2D eigenvalue weighted by atomic mass is 19.1. The van der Waals surface area contributed by atoms with Gasteiger partial charge in [-0.05, 0) is 261 Å². The van der Waals surface area contributed by atoms with Crippen molar-refractivity contribution in [3.8, 4) is 45.6 Å². The molecule has 20 rings (SSSR count). The molecule has 0 aromatic carbocycles. The number of fused-ring (bicyclic) bond motifs is 8. The molecule has 0 amide bonds. The molecule has 4 aliphatic rings. The number of aliphatic hydroxyl groups excluding tert-OH is 1. The summed E-state index contributed by atoms with van der Waals surface area (Å²) >= 11 is 0. The summed E-state index contributed by atoms with van der Waals surface area (Å²) in [6, 6.07) is 24.9. The molecule has 128 heavy (non-hydrogen) atoms. The van der Waals surface area contributed by atoms with E-state index in [4.69, 9.17) is 29.8 Å². The van der Waals surface area contributed by atoms with Crippen molar-refractivity contribution in [3.63, 3.8) is 0 Å². The summed E-state index contributed by atoms with van der Waals surface area (Å²) in [4.78, 5) is 98.8. The lowest BCUT2D eigenvalue weighted by Gasteiger charge is -2.41. The number of pyridine rings is 4. The van der Waals surface area contributed by atoms with Gasteiger partial charge in [0.1, 0.15) is 45.4 Å². The average molecular weight is 1730 g/mol. The summed E-state index contributed by atoms with van der Waals surface area (Å²) < 4.78 is 31.8. The van der Waals surface area contributed by atoms with E-state index in [2.05, 4.69) is 110 Å². The zero-order valence-corrected chi connectivity index (χ0v) is 75.3. The molecule has 0 aliphatic carbocycles. The Morgan fingerprint density at radius 3 is 1.35 bits per heavy atom. The van der Waals surface area contributed by atoms with Crippen LogP contribution in [0.4, 0.5) is 10.1 Å². The van der Waals surface area contributed by atoms with E-state index in [9.17, 15) is 23.6 Å². The van der Waals surface area contributed by atoms with E-state index < -0.39 is 0 Å². The highest BCUT2D eigenvalue weighted by Gasteiger charge is 2.28. The molecular weight excluding hydrogens is 1620 g/mol. The Bertz CT molecular complexity index is 7120. The second-order valence-corrected chi connectivity index (χ2v) is 34.9. The van der Waals surface area contributed by atoms with Crippen LogP contribution in [0.2, 0.25) is 0 Å². The number of alkyl halides is 1. The fraction of sp³-hybridized carbons (Fsp3) is 0.417. The van der Waals surface area contributed by atoms with Gasteiger partial charge in [-0.1, -0.05) is 25.1 Å². The van der Waals surface area contributed by atoms with Gasteiger partial charge in [0.25, 0.3) is 22.2 Å². The van der Waals surface area contributed by atoms with Crippen LogP contribution in [0.25, 0.3) is 90.2 Å². The van der Waals surface area contributed by atoms with Crippen LogP contribution in [-0.4, -0.2) is 227 Å². The SMILES string of the molecule is CCc1nc(C)cn2nc(-c3cc(=O)n4cc(C5CCN(CCCF)CC5)ccc4n3)cc12.Cc1cn2nc(-c3cc(=O)n4cc(C5CCN(C)CC5)cc(C)c4n3)cc2c(C)n1.Cc1cn2nc(-c3cc(=O)n4cc(C5CCNCC5)cc(C)c4n3)cc2c(C)n1.Cc1cn2nc(-c3cc(=O)n4cc(N5CCN(CCOCCO)[C@H](C)C5)cc(C)c4n3)cc2c(C)n1. The molecular formula is C96H112FN25O6. The van der Waals surface area contributed by atoms with Gasteiger partial charge >= 0.3 is 0 Å². The highest BCUT2D eigenvalue weighted by Crippen LogP contribution is 2.34. The lowest BCUT2D eigenvalue weighted by Crippen LogP contribution is -2.52. The predicted octanol–water partition coefficient (Wildman–Crippen LogP) is 11.6. The van der Waals surface area contributed by atoms with Crippen molar-refractivity contribution in [1.82, 2.24) is 116 Å². The zero-order valence-electron chi connectivity index (χ0n) is 75.3. The minimum absolute atomic E-state index is 0.0518. The molecule has 2 N–H and O–H groups in total. The van der Waals surface area contributed by atoms with Crippen molar-refractivity contribution >= 4 is 50.3 Å². The van der Waals surface area contributed by atoms with Crippen molar-refractivity contribution in [2.75, 3.05) is 110 Å². The lowest BCUT2D eigenvalue weighted by molar-refractivity contribution is 0.0624. The van der Waals surface area contributed by atoms with E-state index in [1.807, 2.05) is 163 Å². The smallest absolute Gasteiger partial charge is 0.258 e. The standard InChI is InChI=1S/C26H33N7O3.C25H29FN6O.C23H26N6O.C22H24N6O/c1-17-11-21(31-6-5-30(19(3)15-31)7-9-36-10-8-34)16-32-25(35)13-22(28-26(17)32)23-12-24-20(4)27-18(2)14-33(24)29-23;1-3-20-23-13-22(29-32(23)15-17(2)27-20)21-14-25(33)31-16-19(5-6-24(31)28-21)18-7-11-30(12-8-18)10-4-9-26;1-14-9-18(17-5-7-27(4)8-6-17)13-28-22(30)11-19(25-23(14)28)20-10-21-16(3)24-15(2)12-29(21)26-20;1-13-8-17(16-4-6-23-7-5-16)12-27-21(29)10-18(25-22(13)27)19-9-20-15(3)24-14(2)11-28(20)26-19/h11-14,16,19,34H,5-10,15H2,1-4H3;5-6,13-16,18H,3-4,7-12H2,1-2H3;9-13,17H,5-8H2,1-4H3;8-12,16,23H,4-7H2,1-3H3/t19-;;;/m1.../s1. The van der Waals surface area contributed by atoms with Crippen LogP contribution in [0.5, 0.6) is 0 Å². The summed E-state index contributed by atoms with van der Waals surface area (Å²) in [6.45, 7) is 35.2. The van der Waals surface area contributed by atoms with Crippen molar-refractivity contribution in [2.24, 2.45) is 0 Å². The molecule has 0 bridgehead atoms. The minimum atomic E-state index is -0.256. The number of hydrogen-bond acceptors (Lipinski definition) is 23. The minimum Gasteiger partial charge on any atom is -0.394 e. The van der Waals surface area contributed by atoms with Crippen LogP contribution in [0.1, 0.15) is 155 Å². The molecule has 16 aromatic rings. The first-order valence-electron chi connectivity index (χ1n) is 44.7. The second kappa shape index (κ2) is 37.4. The summed E-state index contributed by atoms with van der Waals surface area (Å²) in [5.41, 5.74) is 25.8. The number of anilines is 1. The summed E-state index contributed by atoms with van der Waals surface area (Å²) in [6.07, 6.45) is 23.2. The summed E-state index contributed by atoms with van der Waals surface area (Å²) in [5, 5.41) is 30.9. The van der Waals surface area contributed by atoms with Crippen LogP contribution < -0.4 is 32.5 Å². The van der Waals surface area contributed by atoms with Crippen molar-refractivity contribution in [2.45, 2.75) is 158 Å². The fourth-order valence-electron chi connectivity index (χ4n) is 18.6. The number of aromatic nitrogens is 20. The molecule has 4 fully saturated rings. The monoisotopic (exact) mass is 1730 g/mol. The molecule has 32 heteroatoms. The van der Waals surface area contributed by atoms with Gasteiger partial charge in [-0.2, -0.15) is 20.4 Å². The van der Waals surface area contributed by atoms with Gasteiger partial charge in [0.15, 0.2) is 0 Å². The zero-order chi connectivity index (χ0) is 89.5. The molecule has 0 saturated carbocycles. The first-order chi connectivity index (χ1) is 61.8. The lowest BCUT2D eigenvalue weighted by atomic mass is 9.90. The number of piperidine rings is 3. The van der Waals surface area contributed by atoms with Gasteiger partial charge in [0, 0.05) is 87.8 Å². The Labute approximate surface area is 739 Å². The number of rotatable bonds is 17. The van der Waals surface area contributed by atoms with Crippen LogP contribution >= 0.6 is 0 Å². The van der Waals surface area contributed by atoms with E-state index in [0.29, 0.717) is 112 Å². The third-order valence-electron chi connectivity index (χ3n) is 25.4. The van der Waals surface area contributed by atoms with Crippen LogP contribution in [0.3, 0.4) is 0 Å². The molecule has 1 atom stereocenters. The van der Waals surface area contributed by atoms with Gasteiger partial charge < -0.3 is 29.9 Å². The maximum atomic E-state index is 13.2. The van der Waals surface area contributed by atoms with Crippen LogP contribution in [0, 0.1) is 69.2 Å². The maximum Gasteiger partial charge on any atom is 0.258 e. The van der Waals surface area contributed by atoms with E-state index in [0.717, 1.165) is 212 Å². The largest absolute Gasteiger partial charge is 0.394 e. The topological polar surface area (TPSA) is 313 Å². The molecule has 4 saturated heterocycles. The first kappa shape index (κ1) is 87.5. The highest BCUT2D eigenvalue weighted by molar-refractivity contribution is 5.71. The maximum absolute atomic E-state index is 13.2. The fourth-order valence-corrected chi connectivity index (χ4v) is 18.6. The van der Waals surface area contributed by atoms with E-state index in [-0.39, 0.29) is 35.5 Å². The summed E-state index contributed by atoms with van der Waals surface area (Å²) in [7, 11) is 2.16. The van der Waals surface area contributed by atoms with Crippen LogP contribution in [0.15, 0.2) is 148 Å². The van der Waals surface area contributed by atoms with Crippen molar-refractivity contribution in [1.29, 1.82) is 0 Å². The van der Waals surface area contributed by atoms with Crippen molar-refractivity contribution < 1.29 is 14.2 Å². The number of aliphatic hydroxyl groups is 1. The molecule has 664 valence electrons. The van der Waals surface area contributed by atoms with E-state index in [1.54, 1.807) is 46.4 Å². The molecule has 31 nitrogen and oxygen atoms in total. The average Bonchev–Trinajstić information content (AvgIpc) is 1.46. The molecule has 0 unspecified atom stereocenters. The molecule has 4 aliphatic heterocycles. The molecule has 20 heterocycles. The van der Waals surface area contributed by atoms with Gasteiger partial charge in [-0.15, -0.1) is 0 Å². The Morgan fingerprint density at radius 1 is 0.438 bits per heavy atom. The predicted molar refractivity (Wildman–Crippen MR) is 495 cm³/mol. The number of piperazine rings is 1. The third-order valence-corrected chi connectivity index (χ3v) is 25.4. The van der Waals surface area contributed by atoms with E-state index in [1.165, 1.54) is 11.1 Å². The number of nitrogens with zero attached hydrogens (tertiary/aromatic N) is 24. The number of aryl methyl sites for hydroxylation is 11. The van der Waals surface area contributed by atoms with Crippen molar-refractivity contribution in [3.05, 3.63) is 249 Å². The van der Waals surface area contributed by atoms with Gasteiger partial charge in [-0.25, -0.2) is 38.0 Å². The van der Waals surface area contributed by atoms with Crippen LogP contribution in [-0.2, 0) is 11.2 Å². The first-order valence-corrected chi connectivity index (χ1v) is 44.7. The number of halogens is 1. The number of hydrogen-bond donors (Lipinski definition) is 2. The van der Waals surface area contributed by atoms with Gasteiger partial charge in [0.2, 0.25) is 0 Å². The molecule has 0 spiro atoms. The van der Waals surface area contributed by atoms with E-state index >= 15 is 0 Å². The normalized spacial score (nSPS) is 16.0. The molecule has 16 aromatic heterocycles. The van der Waals surface area contributed by atoms with Gasteiger partial charge in [0.05, 0.1) is 147 Å². The number of nitrogens with one attached hydrogen (secondary N) is 1. The van der Waals surface area contributed by atoms with Gasteiger partial charge in [-0.3, -0.25) is 66.0 Å². The Balaban J connectivity index is 0.000000120. The number of likely N-dealkylation sites (tertiary alicyclic amines) is 2. The Kier molecular flexibility index (Phi) is 25.5. The summed E-state index contributed by atoms with van der Waals surface area (Å²) in [5.74, 6) is 1.39. The quantitative estimate of drug-likeness (QED) is 0.0800.